The fourth-order valence-electron chi connectivity index (χ4n) is 3.25. The van der Waals surface area contributed by atoms with E-state index in [0.29, 0.717) is 11.3 Å². The molecule has 0 saturated heterocycles. The zero-order valence-electron chi connectivity index (χ0n) is 13.2. The fraction of sp³-hybridized carbons (Fsp3) is 0.750. The second kappa shape index (κ2) is 5.79. The average Bonchev–Trinajstić information content (AvgIpc) is 3.32. The van der Waals surface area contributed by atoms with Crippen LogP contribution in [-0.2, 0) is 0 Å². The molecule has 0 bridgehead atoms. The minimum atomic E-state index is 0.395. The van der Waals surface area contributed by atoms with E-state index in [0.717, 1.165) is 29.6 Å². The molecule has 0 aliphatic heterocycles. The summed E-state index contributed by atoms with van der Waals surface area (Å²) in [5.74, 6) is 8.78. The predicted molar refractivity (Wildman–Crippen MR) is 86.2 cm³/mol. The van der Waals surface area contributed by atoms with Crippen LogP contribution >= 0.6 is 0 Å². The van der Waals surface area contributed by atoms with E-state index < -0.39 is 0 Å². The number of anilines is 2. The van der Waals surface area contributed by atoms with Crippen LogP contribution in [0.1, 0.15) is 69.2 Å². The molecule has 1 aromatic heterocycles. The number of hydrazine groups is 1. The number of nitrogens with two attached hydrogens (primary N) is 1. The molecule has 21 heavy (non-hydrogen) atoms. The molecule has 2 fully saturated rings. The van der Waals surface area contributed by atoms with Crippen LogP contribution in [0.4, 0.5) is 11.6 Å². The molecule has 2 saturated carbocycles. The smallest absolute Gasteiger partial charge is 0.148 e. The van der Waals surface area contributed by atoms with Crippen molar-refractivity contribution in [1.82, 2.24) is 9.97 Å². The summed E-state index contributed by atoms with van der Waals surface area (Å²) in [6, 6.07) is 0. The van der Waals surface area contributed by atoms with Gasteiger partial charge in [-0.1, -0.05) is 26.2 Å². The van der Waals surface area contributed by atoms with Gasteiger partial charge in [-0.25, -0.2) is 15.8 Å². The van der Waals surface area contributed by atoms with Crippen molar-refractivity contribution < 1.29 is 0 Å². The molecule has 0 amide bonds. The number of nitrogen functional groups attached to an aromatic ring is 1. The minimum absolute atomic E-state index is 0.395. The van der Waals surface area contributed by atoms with E-state index >= 15 is 0 Å². The second-order valence-electron chi connectivity index (χ2n) is 7.05. The molecule has 0 aromatic carbocycles. The summed E-state index contributed by atoms with van der Waals surface area (Å²) in [6.07, 6.45) is 9.10. The van der Waals surface area contributed by atoms with Crippen molar-refractivity contribution in [2.24, 2.45) is 11.3 Å². The molecule has 0 radical (unpaired) electrons. The maximum Gasteiger partial charge on any atom is 0.148 e. The van der Waals surface area contributed by atoms with Crippen molar-refractivity contribution in [3.05, 3.63) is 11.4 Å². The Morgan fingerprint density at radius 2 is 1.81 bits per heavy atom. The Bertz CT molecular complexity index is 504. The van der Waals surface area contributed by atoms with Crippen molar-refractivity contribution in [1.29, 1.82) is 0 Å². The molecule has 116 valence electrons. The van der Waals surface area contributed by atoms with Gasteiger partial charge in [0.2, 0.25) is 0 Å². The van der Waals surface area contributed by atoms with Gasteiger partial charge in [0.15, 0.2) is 0 Å². The lowest BCUT2D eigenvalue weighted by molar-refractivity contribution is 0.233. The van der Waals surface area contributed by atoms with E-state index in [2.05, 4.69) is 22.7 Å². The highest BCUT2D eigenvalue weighted by atomic mass is 15.3. The van der Waals surface area contributed by atoms with E-state index in [-0.39, 0.29) is 0 Å². The van der Waals surface area contributed by atoms with Gasteiger partial charge in [0.25, 0.3) is 0 Å². The quantitative estimate of drug-likeness (QED) is 0.572. The number of rotatable bonds is 5. The monoisotopic (exact) mass is 289 g/mol. The Morgan fingerprint density at radius 3 is 2.43 bits per heavy atom. The van der Waals surface area contributed by atoms with Crippen molar-refractivity contribution in [2.75, 3.05) is 17.3 Å². The Hall–Kier alpha value is -1.36. The maximum atomic E-state index is 5.61. The predicted octanol–water partition coefficient (Wildman–Crippen LogP) is 3.33. The van der Waals surface area contributed by atoms with Gasteiger partial charge in [-0.2, -0.15) is 0 Å². The first-order valence-electron chi connectivity index (χ1n) is 8.20. The number of nitrogens with zero attached hydrogens (tertiary/aromatic N) is 2. The highest BCUT2D eigenvalue weighted by Crippen LogP contribution is 2.40. The molecule has 1 aromatic rings. The van der Waals surface area contributed by atoms with Crippen molar-refractivity contribution in [3.8, 4) is 0 Å². The Balaban J connectivity index is 1.75. The summed E-state index contributed by atoms with van der Waals surface area (Å²) in [6.45, 7) is 5.40. The highest BCUT2D eigenvalue weighted by Gasteiger charge is 2.29. The van der Waals surface area contributed by atoms with E-state index in [1.807, 2.05) is 6.92 Å². The van der Waals surface area contributed by atoms with Crippen molar-refractivity contribution >= 4 is 11.6 Å². The standard InChI is InChI=1S/C16H27N5/c1-11-13(18-10-16(2)8-4-3-5-9-16)19-15(12-6-7-12)20-14(11)21-17/h12H,3-10,17H2,1-2H3,(H2,18,19,20,21). The molecular weight excluding hydrogens is 262 g/mol. The summed E-state index contributed by atoms with van der Waals surface area (Å²) < 4.78 is 0. The molecule has 5 heteroatoms. The van der Waals surface area contributed by atoms with E-state index in [9.17, 15) is 0 Å². The number of hydrogen-bond acceptors (Lipinski definition) is 5. The van der Waals surface area contributed by atoms with Crippen LogP contribution in [0.2, 0.25) is 0 Å². The van der Waals surface area contributed by atoms with Crippen LogP contribution in [0, 0.1) is 12.3 Å². The molecule has 0 spiro atoms. The van der Waals surface area contributed by atoms with Gasteiger partial charge >= 0.3 is 0 Å². The first-order valence-corrected chi connectivity index (χ1v) is 8.20. The fourth-order valence-corrected chi connectivity index (χ4v) is 3.25. The molecule has 5 nitrogen and oxygen atoms in total. The van der Waals surface area contributed by atoms with Crippen LogP contribution in [0.3, 0.4) is 0 Å². The molecule has 1 heterocycles. The Labute approximate surface area is 127 Å². The summed E-state index contributed by atoms with van der Waals surface area (Å²) in [5.41, 5.74) is 4.12. The zero-order valence-corrected chi connectivity index (χ0v) is 13.2. The lowest BCUT2D eigenvalue weighted by Gasteiger charge is -2.34. The van der Waals surface area contributed by atoms with Gasteiger partial charge in [-0.15, -0.1) is 0 Å². The third-order valence-electron chi connectivity index (χ3n) is 4.99. The lowest BCUT2D eigenvalue weighted by atomic mass is 9.76. The first kappa shape index (κ1) is 14.6. The third kappa shape index (κ3) is 3.28. The van der Waals surface area contributed by atoms with Gasteiger partial charge < -0.3 is 10.7 Å². The molecule has 2 aliphatic rings. The summed E-state index contributed by atoms with van der Waals surface area (Å²) in [5, 5.41) is 3.57. The highest BCUT2D eigenvalue weighted by molar-refractivity contribution is 5.57. The molecule has 4 N–H and O–H groups in total. The Kier molecular flexibility index (Phi) is 4.02. The summed E-state index contributed by atoms with van der Waals surface area (Å²) in [7, 11) is 0. The minimum Gasteiger partial charge on any atom is -0.369 e. The summed E-state index contributed by atoms with van der Waals surface area (Å²) >= 11 is 0. The first-order chi connectivity index (χ1) is 10.1. The van der Waals surface area contributed by atoms with Crippen LogP contribution in [-0.4, -0.2) is 16.5 Å². The second-order valence-corrected chi connectivity index (χ2v) is 7.05. The van der Waals surface area contributed by atoms with Gasteiger partial charge in [-0.05, 0) is 38.0 Å². The van der Waals surface area contributed by atoms with Crippen molar-refractivity contribution in [3.63, 3.8) is 0 Å². The number of hydrogen-bond donors (Lipinski definition) is 3. The zero-order chi connectivity index (χ0) is 14.9. The van der Waals surface area contributed by atoms with Gasteiger partial charge in [0, 0.05) is 18.0 Å². The van der Waals surface area contributed by atoms with E-state index in [4.69, 9.17) is 10.8 Å². The molecule has 2 aliphatic carbocycles. The van der Waals surface area contributed by atoms with E-state index in [1.54, 1.807) is 0 Å². The van der Waals surface area contributed by atoms with Gasteiger partial charge in [0.1, 0.15) is 17.5 Å². The van der Waals surface area contributed by atoms with E-state index in [1.165, 1.54) is 44.9 Å². The van der Waals surface area contributed by atoms with Crippen LogP contribution < -0.4 is 16.6 Å². The average molecular weight is 289 g/mol. The lowest BCUT2D eigenvalue weighted by Crippen LogP contribution is -2.29. The number of aromatic nitrogens is 2. The SMILES string of the molecule is Cc1c(NN)nc(C2CC2)nc1NCC1(C)CCCCC1. The molecule has 3 rings (SSSR count). The van der Waals surface area contributed by atoms with Crippen LogP contribution in [0.15, 0.2) is 0 Å². The molecular formula is C16H27N5. The largest absolute Gasteiger partial charge is 0.369 e. The number of nitrogens with one attached hydrogen (secondary N) is 2. The van der Waals surface area contributed by atoms with Crippen molar-refractivity contribution in [2.45, 2.75) is 64.7 Å². The molecule has 0 atom stereocenters. The molecule has 0 unspecified atom stereocenters. The van der Waals surface area contributed by atoms with Crippen LogP contribution in [0.25, 0.3) is 0 Å². The topological polar surface area (TPSA) is 75.9 Å². The maximum absolute atomic E-state index is 5.61. The third-order valence-corrected chi connectivity index (χ3v) is 4.99. The van der Waals surface area contributed by atoms with Gasteiger partial charge in [-0.3, -0.25) is 0 Å². The summed E-state index contributed by atoms with van der Waals surface area (Å²) in [4.78, 5) is 9.28. The van der Waals surface area contributed by atoms with Crippen LogP contribution in [0.5, 0.6) is 0 Å². The van der Waals surface area contributed by atoms with Gasteiger partial charge in [0.05, 0.1) is 0 Å². The Morgan fingerprint density at radius 1 is 1.14 bits per heavy atom. The normalized spacial score (nSPS) is 21.1.